The molecule has 1 aliphatic heterocycles. The first kappa shape index (κ1) is 23.1. The predicted molar refractivity (Wildman–Crippen MR) is 124 cm³/mol. The molecule has 1 fully saturated rings. The van der Waals surface area contributed by atoms with Crippen LogP contribution in [0, 0.1) is 16.0 Å². The summed E-state index contributed by atoms with van der Waals surface area (Å²) < 4.78 is 5.33. The van der Waals surface area contributed by atoms with Gasteiger partial charge < -0.3 is 20.3 Å². The van der Waals surface area contributed by atoms with Gasteiger partial charge in [-0.3, -0.25) is 19.7 Å². The summed E-state index contributed by atoms with van der Waals surface area (Å²) in [6.07, 6.45) is 3.11. The second-order valence-corrected chi connectivity index (χ2v) is 8.02. The Labute approximate surface area is 186 Å². The number of nitrogens with one attached hydrogen (secondary N) is 2. The van der Waals surface area contributed by atoms with Crippen molar-refractivity contribution < 1.29 is 19.2 Å². The molecule has 9 heteroatoms. The molecule has 2 aromatic carbocycles. The zero-order valence-electron chi connectivity index (χ0n) is 18.5. The van der Waals surface area contributed by atoms with E-state index in [-0.39, 0.29) is 23.1 Å². The maximum absolute atomic E-state index is 12.8. The highest BCUT2D eigenvalue weighted by atomic mass is 16.6. The lowest BCUT2D eigenvalue weighted by atomic mass is 10.1. The van der Waals surface area contributed by atoms with Crippen LogP contribution in [0.1, 0.15) is 43.5 Å². The zero-order valence-corrected chi connectivity index (χ0v) is 18.5. The smallest absolute Gasteiger partial charge is 0.293 e. The number of hydrogen-bond donors (Lipinski definition) is 2. The number of nitrogens with zero attached hydrogens (tertiary/aromatic N) is 2. The fourth-order valence-corrected chi connectivity index (χ4v) is 3.57. The fraction of sp³-hybridized carbons (Fsp3) is 0.391. The van der Waals surface area contributed by atoms with Crippen LogP contribution in [0.3, 0.4) is 0 Å². The molecule has 2 amide bonds. The van der Waals surface area contributed by atoms with Crippen molar-refractivity contribution in [2.45, 2.75) is 33.1 Å². The minimum atomic E-state index is -0.473. The van der Waals surface area contributed by atoms with E-state index >= 15 is 0 Å². The van der Waals surface area contributed by atoms with Crippen molar-refractivity contribution in [3.63, 3.8) is 0 Å². The van der Waals surface area contributed by atoms with E-state index in [9.17, 15) is 19.7 Å². The van der Waals surface area contributed by atoms with Crippen molar-refractivity contribution in [2.75, 3.05) is 35.7 Å². The molecule has 0 bridgehead atoms. The monoisotopic (exact) mass is 440 g/mol. The van der Waals surface area contributed by atoms with Crippen LogP contribution in [0.5, 0.6) is 5.75 Å². The number of methoxy groups -OCH3 is 1. The van der Waals surface area contributed by atoms with E-state index in [4.69, 9.17) is 4.74 Å². The summed E-state index contributed by atoms with van der Waals surface area (Å²) in [6, 6.07) is 9.41. The first-order valence-corrected chi connectivity index (χ1v) is 10.6. The Morgan fingerprint density at radius 2 is 1.78 bits per heavy atom. The Morgan fingerprint density at radius 1 is 1.06 bits per heavy atom. The molecule has 0 saturated carbocycles. The molecule has 3 rings (SSSR count). The number of rotatable bonds is 7. The normalized spacial score (nSPS) is 13.6. The number of carbonyl (C=O) groups is 2. The van der Waals surface area contributed by atoms with Gasteiger partial charge in [-0.05, 0) is 43.5 Å². The molecule has 32 heavy (non-hydrogen) atoms. The van der Waals surface area contributed by atoms with Crippen molar-refractivity contribution in [3.8, 4) is 5.75 Å². The number of ether oxygens (including phenoxy) is 1. The van der Waals surface area contributed by atoms with Crippen LogP contribution >= 0.6 is 0 Å². The van der Waals surface area contributed by atoms with Gasteiger partial charge in [-0.15, -0.1) is 0 Å². The Balaban J connectivity index is 1.79. The van der Waals surface area contributed by atoms with Crippen molar-refractivity contribution in [1.29, 1.82) is 0 Å². The molecule has 170 valence electrons. The number of nitro groups is 1. The average molecular weight is 441 g/mol. The second-order valence-electron chi connectivity index (χ2n) is 8.02. The van der Waals surface area contributed by atoms with Crippen LogP contribution in [-0.4, -0.2) is 36.9 Å². The summed E-state index contributed by atoms with van der Waals surface area (Å²) in [4.78, 5) is 37.9. The lowest BCUT2D eigenvalue weighted by Gasteiger charge is -2.28. The molecular weight excluding hydrogens is 412 g/mol. The van der Waals surface area contributed by atoms with Gasteiger partial charge in [-0.1, -0.05) is 13.8 Å². The van der Waals surface area contributed by atoms with E-state index in [1.54, 1.807) is 44.2 Å². The van der Waals surface area contributed by atoms with Crippen LogP contribution in [-0.2, 0) is 4.79 Å². The quantitative estimate of drug-likeness (QED) is 0.486. The number of nitro benzene ring substituents is 1. The van der Waals surface area contributed by atoms with E-state index in [0.29, 0.717) is 22.8 Å². The number of amides is 2. The molecule has 2 aromatic rings. The summed E-state index contributed by atoms with van der Waals surface area (Å²) >= 11 is 0. The number of anilines is 3. The minimum Gasteiger partial charge on any atom is -0.494 e. The van der Waals surface area contributed by atoms with E-state index in [2.05, 4.69) is 10.6 Å². The molecule has 1 heterocycles. The summed E-state index contributed by atoms with van der Waals surface area (Å²) in [7, 11) is 1.47. The van der Waals surface area contributed by atoms with Crippen LogP contribution in [0.15, 0.2) is 36.4 Å². The maximum atomic E-state index is 12.8. The van der Waals surface area contributed by atoms with E-state index < -0.39 is 10.8 Å². The highest BCUT2D eigenvalue weighted by Gasteiger charge is 2.23. The molecule has 9 nitrogen and oxygen atoms in total. The number of benzene rings is 2. The summed E-state index contributed by atoms with van der Waals surface area (Å²) in [5.41, 5.74) is 1.58. The van der Waals surface area contributed by atoms with Gasteiger partial charge in [0.1, 0.15) is 11.4 Å². The lowest BCUT2D eigenvalue weighted by Crippen LogP contribution is -2.30. The van der Waals surface area contributed by atoms with Gasteiger partial charge in [0, 0.05) is 42.4 Å². The average Bonchev–Trinajstić information content (AvgIpc) is 2.79. The number of piperidine rings is 1. The molecule has 2 N–H and O–H groups in total. The van der Waals surface area contributed by atoms with Crippen LogP contribution in [0.2, 0.25) is 0 Å². The largest absolute Gasteiger partial charge is 0.494 e. The van der Waals surface area contributed by atoms with Crippen molar-refractivity contribution >= 4 is 34.6 Å². The van der Waals surface area contributed by atoms with E-state index in [0.717, 1.165) is 32.4 Å². The van der Waals surface area contributed by atoms with Crippen molar-refractivity contribution in [3.05, 3.63) is 52.1 Å². The predicted octanol–water partition coefficient (Wildman–Crippen LogP) is 4.44. The van der Waals surface area contributed by atoms with Gasteiger partial charge in [0.15, 0.2) is 0 Å². The van der Waals surface area contributed by atoms with Gasteiger partial charge >= 0.3 is 0 Å². The Bertz CT molecular complexity index is 1020. The standard InChI is InChI=1S/C23H28N4O5/c1-15(2)22(28)25-18-9-8-17(14-21(18)32-3)24-23(29)16-7-10-19(20(13-16)27(30)31)26-11-5-4-6-12-26/h7-10,13-15H,4-6,11-12H2,1-3H3,(H,24,29)(H,25,28). The third-order valence-corrected chi connectivity index (χ3v) is 5.37. The minimum absolute atomic E-state index is 0.0797. The Hall–Kier alpha value is -3.62. The van der Waals surface area contributed by atoms with Gasteiger partial charge in [0.25, 0.3) is 11.6 Å². The van der Waals surface area contributed by atoms with Gasteiger partial charge in [-0.25, -0.2) is 0 Å². The highest BCUT2D eigenvalue weighted by molar-refractivity contribution is 6.05. The molecule has 0 aliphatic carbocycles. The lowest BCUT2D eigenvalue weighted by molar-refractivity contribution is -0.384. The van der Waals surface area contributed by atoms with Gasteiger partial charge in [0.05, 0.1) is 17.7 Å². The van der Waals surface area contributed by atoms with Crippen LogP contribution in [0.25, 0.3) is 0 Å². The third kappa shape index (κ3) is 5.35. The molecule has 0 aromatic heterocycles. The molecule has 0 radical (unpaired) electrons. The SMILES string of the molecule is COc1cc(NC(=O)c2ccc(N3CCCCC3)c([N+](=O)[O-])c2)ccc1NC(=O)C(C)C. The molecular formula is C23H28N4O5. The van der Waals surface area contributed by atoms with Gasteiger partial charge in [-0.2, -0.15) is 0 Å². The summed E-state index contributed by atoms with van der Waals surface area (Å²) in [5, 5.41) is 17.2. The number of hydrogen-bond acceptors (Lipinski definition) is 6. The first-order valence-electron chi connectivity index (χ1n) is 10.6. The third-order valence-electron chi connectivity index (χ3n) is 5.37. The second kappa shape index (κ2) is 10.1. The Morgan fingerprint density at radius 3 is 2.41 bits per heavy atom. The van der Waals surface area contributed by atoms with E-state index in [1.165, 1.54) is 13.2 Å². The Kier molecular flexibility index (Phi) is 7.29. The molecule has 1 aliphatic rings. The molecule has 1 saturated heterocycles. The van der Waals surface area contributed by atoms with Gasteiger partial charge in [0.2, 0.25) is 5.91 Å². The van der Waals surface area contributed by atoms with E-state index in [1.807, 2.05) is 4.90 Å². The summed E-state index contributed by atoms with van der Waals surface area (Å²) in [6.45, 7) is 5.11. The number of carbonyl (C=O) groups excluding carboxylic acids is 2. The molecule has 0 spiro atoms. The highest BCUT2D eigenvalue weighted by Crippen LogP contribution is 2.32. The molecule has 0 atom stereocenters. The summed E-state index contributed by atoms with van der Waals surface area (Å²) in [5.74, 6) is -0.425. The van der Waals surface area contributed by atoms with Crippen molar-refractivity contribution in [1.82, 2.24) is 0 Å². The van der Waals surface area contributed by atoms with Crippen LogP contribution in [0.4, 0.5) is 22.7 Å². The zero-order chi connectivity index (χ0) is 23.3. The van der Waals surface area contributed by atoms with Crippen molar-refractivity contribution in [2.24, 2.45) is 5.92 Å². The van der Waals surface area contributed by atoms with Crippen LogP contribution < -0.4 is 20.3 Å². The topological polar surface area (TPSA) is 114 Å². The maximum Gasteiger partial charge on any atom is 0.293 e. The first-order chi connectivity index (χ1) is 15.3. The molecule has 0 unspecified atom stereocenters. The fourth-order valence-electron chi connectivity index (χ4n) is 3.57.